The van der Waals surface area contributed by atoms with Crippen LogP contribution < -0.4 is 4.72 Å². The summed E-state index contributed by atoms with van der Waals surface area (Å²) in [5.41, 5.74) is 2.34. The van der Waals surface area contributed by atoms with Gasteiger partial charge < -0.3 is 4.90 Å². The summed E-state index contributed by atoms with van der Waals surface area (Å²) in [6, 6.07) is 7.29. The molecule has 1 N–H and O–H groups in total. The van der Waals surface area contributed by atoms with Crippen LogP contribution in [-0.4, -0.2) is 78.2 Å². The Balaban J connectivity index is 1.60. The van der Waals surface area contributed by atoms with Gasteiger partial charge in [0.25, 0.3) is 5.91 Å². The van der Waals surface area contributed by atoms with Crippen LogP contribution in [0.2, 0.25) is 0 Å². The molecule has 41 heavy (non-hydrogen) atoms. The number of likely N-dealkylation sites (tertiary alicyclic amines) is 1. The van der Waals surface area contributed by atoms with Crippen molar-refractivity contribution in [2.45, 2.75) is 56.5 Å². The topological polar surface area (TPSA) is 100 Å². The number of benzene rings is 1. The summed E-state index contributed by atoms with van der Waals surface area (Å²) in [5, 5.41) is 5.64. The number of nitrogens with zero attached hydrogens (tertiary/aromatic N) is 5. The van der Waals surface area contributed by atoms with E-state index in [-0.39, 0.29) is 24.1 Å². The van der Waals surface area contributed by atoms with Crippen molar-refractivity contribution in [3.05, 3.63) is 53.1 Å². The van der Waals surface area contributed by atoms with Crippen molar-refractivity contribution in [3.63, 3.8) is 0 Å². The second-order valence-corrected chi connectivity index (χ2v) is 12.8. The van der Waals surface area contributed by atoms with E-state index in [0.717, 1.165) is 40.2 Å². The quantitative estimate of drug-likeness (QED) is 0.385. The molecule has 0 radical (unpaired) electrons. The number of carbonyl (C=O) groups is 1. The maximum absolute atomic E-state index is 13.7. The summed E-state index contributed by atoms with van der Waals surface area (Å²) in [6.45, 7) is 0.825. The highest BCUT2D eigenvalue weighted by Gasteiger charge is 2.34. The average Bonchev–Trinajstić information content (AvgIpc) is 3.25. The second kappa shape index (κ2) is 11.3. The minimum absolute atomic E-state index is 0.0755. The highest BCUT2D eigenvalue weighted by molar-refractivity contribution is 7.87. The monoisotopic (exact) mass is 596 g/mol. The molecule has 0 unspecified atom stereocenters. The molecule has 1 saturated heterocycles. The number of nitrogens with one attached hydrogen (secondary N) is 1. The Hall–Kier alpha value is -3.10. The number of halogens is 4. The molecule has 222 valence electrons. The van der Waals surface area contributed by atoms with Crippen LogP contribution in [0.1, 0.15) is 72.1 Å². The van der Waals surface area contributed by atoms with Gasteiger partial charge >= 0.3 is 16.4 Å². The molecule has 0 bridgehead atoms. The average molecular weight is 597 g/mol. The van der Waals surface area contributed by atoms with Crippen LogP contribution in [0.3, 0.4) is 0 Å². The maximum Gasteiger partial charge on any atom is 0.390 e. The first-order valence-electron chi connectivity index (χ1n) is 13.6. The van der Waals surface area contributed by atoms with Crippen LogP contribution in [0.25, 0.3) is 16.7 Å². The fourth-order valence-electron chi connectivity index (χ4n) is 5.35. The number of rotatable bonds is 8. The molecule has 5 rings (SSSR count). The second-order valence-electron chi connectivity index (χ2n) is 10.9. The molecule has 9 nitrogen and oxygen atoms in total. The molecule has 3 aromatic rings. The van der Waals surface area contributed by atoms with Crippen LogP contribution in [0.5, 0.6) is 0 Å². The minimum Gasteiger partial charge on any atom is -0.303 e. The molecule has 1 aliphatic heterocycles. The van der Waals surface area contributed by atoms with Crippen LogP contribution in [0, 0.1) is 5.82 Å². The van der Waals surface area contributed by atoms with E-state index in [1.54, 1.807) is 27.8 Å². The molecule has 1 aliphatic carbocycles. The number of alkyl halides is 3. The van der Waals surface area contributed by atoms with E-state index in [0.29, 0.717) is 37.3 Å². The predicted octanol–water partition coefficient (Wildman–Crippen LogP) is 4.50. The molecule has 0 atom stereocenters. The van der Waals surface area contributed by atoms with Crippen molar-refractivity contribution in [2.24, 2.45) is 0 Å². The van der Waals surface area contributed by atoms with Crippen molar-refractivity contribution in [1.82, 2.24) is 28.7 Å². The Labute approximate surface area is 235 Å². The maximum atomic E-state index is 13.7. The van der Waals surface area contributed by atoms with Crippen molar-refractivity contribution in [1.29, 1.82) is 0 Å². The van der Waals surface area contributed by atoms with E-state index in [9.17, 15) is 30.8 Å². The van der Waals surface area contributed by atoms with Crippen LogP contribution in [0.15, 0.2) is 30.3 Å². The first-order valence-corrected chi connectivity index (χ1v) is 15.0. The zero-order chi connectivity index (χ0) is 29.5. The van der Waals surface area contributed by atoms with E-state index >= 15 is 0 Å². The van der Waals surface area contributed by atoms with Gasteiger partial charge in [-0.25, -0.2) is 18.8 Å². The summed E-state index contributed by atoms with van der Waals surface area (Å²) in [5.74, 6) is -1.28. The van der Waals surface area contributed by atoms with E-state index < -0.39 is 34.5 Å². The molecule has 2 fully saturated rings. The zero-order valence-electron chi connectivity index (χ0n) is 22.8. The van der Waals surface area contributed by atoms with Crippen LogP contribution in [0.4, 0.5) is 17.6 Å². The highest BCUT2D eigenvalue weighted by Crippen LogP contribution is 2.43. The molecule has 3 heterocycles. The summed E-state index contributed by atoms with van der Waals surface area (Å²) in [6.07, 6.45) is -1.10. The number of hydrogen-bond acceptors (Lipinski definition) is 6. The van der Waals surface area contributed by atoms with Crippen molar-refractivity contribution in [2.75, 3.05) is 33.7 Å². The Bertz CT molecular complexity index is 1530. The molecule has 1 saturated carbocycles. The number of fused-ring (bicyclic) bond motifs is 1. The van der Waals surface area contributed by atoms with Gasteiger partial charge in [-0.05, 0) is 80.6 Å². The largest absolute Gasteiger partial charge is 0.390 e. The van der Waals surface area contributed by atoms with Gasteiger partial charge in [-0.3, -0.25) is 4.79 Å². The zero-order valence-corrected chi connectivity index (χ0v) is 23.6. The van der Waals surface area contributed by atoms with E-state index in [2.05, 4.69) is 4.98 Å². The summed E-state index contributed by atoms with van der Waals surface area (Å²) in [4.78, 5) is 19.6. The van der Waals surface area contributed by atoms with Gasteiger partial charge in [-0.15, -0.1) is 0 Å². The van der Waals surface area contributed by atoms with Gasteiger partial charge in [0.15, 0.2) is 5.65 Å². The number of carbonyl (C=O) groups excluding carboxylic acids is 1. The highest BCUT2D eigenvalue weighted by atomic mass is 32.2. The lowest BCUT2D eigenvalue weighted by Crippen LogP contribution is -2.40. The third kappa shape index (κ3) is 6.38. The van der Waals surface area contributed by atoms with Gasteiger partial charge in [0.05, 0.1) is 17.8 Å². The first kappa shape index (κ1) is 29.4. The van der Waals surface area contributed by atoms with Crippen LogP contribution in [-0.2, 0) is 10.2 Å². The molecule has 0 spiro atoms. The van der Waals surface area contributed by atoms with Gasteiger partial charge in [-0.2, -0.15) is 31.0 Å². The number of amides is 1. The molecule has 2 aromatic heterocycles. The molecule has 1 aromatic carbocycles. The Kier molecular flexibility index (Phi) is 8.09. The molecule has 14 heteroatoms. The van der Waals surface area contributed by atoms with Crippen LogP contribution >= 0.6 is 0 Å². The third-order valence-corrected chi connectivity index (χ3v) is 9.34. The van der Waals surface area contributed by atoms with Gasteiger partial charge in [0, 0.05) is 31.9 Å². The lowest BCUT2D eigenvalue weighted by molar-refractivity contribution is -0.138. The predicted molar refractivity (Wildman–Crippen MR) is 145 cm³/mol. The van der Waals surface area contributed by atoms with Gasteiger partial charge in [0.2, 0.25) is 0 Å². The molecule has 1 amide bonds. The molecular weight excluding hydrogens is 564 g/mol. The Morgan fingerprint density at radius 2 is 1.73 bits per heavy atom. The van der Waals surface area contributed by atoms with Gasteiger partial charge in [0.1, 0.15) is 11.5 Å². The number of aromatic nitrogens is 3. The number of pyridine rings is 1. The van der Waals surface area contributed by atoms with Crippen molar-refractivity contribution < 1.29 is 30.8 Å². The smallest absolute Gasteiger partial charge is 0.303 e. The number of hydrogen-bond donors (Lipinski definition) is 1. The van der Waals surface area contributed by atoms with Gasteiger partial charge in [-0.1, -0.05) is 6.42 Å². The lowest BCUT2D eigenvalue weighted by atomic mass is 9.79. The van der Waals surface area contributed by atoms with E-state index in [1.807, 2.05) is 4.72 Å². The summed E-state index contributed by atoms with van der Waals surface area (Å²) in [7, 11) is -1.52. The third-order valence-electron chi connectivity index (χ3n) is 7.93. The standard InChI is InChI=1S/C27H32F4N6O3S/c1-35(2)41(39,40)34-26(38)22-16-21(17-10-13-36(14-11-17)15-12-27(29,30)31)23-24(18-4-3-5-18)33-37(25(23)32-22)20-8-6-19(28)7-9-20/h6-9,16-18H,3-5,10-15H2,1-2H3,(H,34,38). The minimum atomic E-state index is -4.23. The lowest BCUT2D eigenvalue weighted by Gasteiger charge is -2.33. The Morgan fingerprint density at radius 3 is 2.29 bits per heavy atom. The fraction of sp³-hybridized carbons (Fsp3) is 0.519. The number of piperidine rings is 1. The molecule has 2 aliphatic rings. The van der Waals surface area contributed by atoms with E-state index in [1.165, 1.54) is 26.2 Å². The SMILES string of the molecule is CN(C)S(=O)(=O)NC(=O)c1cc(C2CCN(CCC(F)(F)F)CC2)c2c(C3CCC3)nn(-c3ccc(F)cc3)c2n1. The Morgan fingerprint density at radius 1 is 1.07 bits per heavy atom. The van der Waals surface area contributed by atoms with Crippen molar-refractivity contribution in [3.8, 4) is 5.69 Å². The summed E-state index contributed by atoms with van der Waals surface area (Å²) >= 11 is 0. The first-order chi connectivity index (χ1) is 19.3. The summed E-state index contributed by atoms with van der Waals surface area (Å²) < 4.78 is 81.4. The normalized spacial score (nSPS) is 17.7. The van der Waals surface area contributed by atoms with Crippen molar-refractivity contribution >= 4 is 27.1 Å². The fourth-order valence-corrected chi connectivity index (χ4v) is 5.87. The molecular formula is C27H32F4N6O3S. The van der Waals surface area contributed by atoms with E-state index in [4.69, 9.17) is 5.10 Å².